The highest BCUT2D eigenvalue weighted by Gasteiger charge is 2.46. The number of H-pyrrole nitrogens is 1. The van der Waals surface area contributed by atoms with Gasteiger partial charge in [-0.15, -0.1) is 0 Å². The number of aromatic nitrogens is 2. The fourth-order valence-corrected chi connectivity index (χ4v) is 4.53. The van der Waals surface area contributed by atoms with Gasteiger partial charge in [-0.25, -0.2) is 9.37 Å². The Hall–Kier alpha value is -4.43. The van der Waals surface area contributed by atoms with Crippen molar-refractivity contribution >= 4 is 51.2 Å². The predicted molar refractivity (Wildman–Crippen MR) is 128 cm³/mol. The number of aromatic amines is 1. The van der Waals surface area contributed by atoms with Crippen LogP contribution in [0.25, 0.3) is 22.0 Å². The number of furan rings is 1. The SMILES string of the molecule is O=C(C1=C(O)C(=O)N(c2nc3ccc(F)cc3[nH]2)C1c1ccccc1)c1cc2cc(Cl)ccc2o1. The smallest absolute Gasteiger partial charge is 0.296 e. The van der Waals surface area contributed by atoms with Gasteiger partial charge in [-0.2, -0.15) is 0 Å². The van der Waals surface area contributed by atoms with Crippen molar-refractivity contribution in [1.82, 2.24) is 9.97 Å². The maximum Gasteiger partial charge on any atom is 0.296 e. The maximum absolute atomic E-state index is 13.7. The summed E-state index contributed by atoms with van der Waals surface area (Å²) in [6.45, 7) is 0. The summed E-state index contributed by atoms with van der Waals surface area (Å²) in [6.07, 6.45) is 0. The molecule has 0 fully saturated rings. The van der Waals surface area contributed by atoms with Crippen molar-refractivity contribution < 1.29 is 23.5 Å². The van der Waals surface area contributed by atoms with E-state index in [-0.39, 0.29) is 17.3 Å². The fraction of sp³-hybridized carbons (Fsp3) is 0.0385. The second-order valence-electron chi connectivity index (χ2n) is 8.09. The number of amides is 1. The number of nitrogens with zero attached hydrogens (tertiary/aromatic N) is 2. The molecule has 1 aliphatic heterocycles. The summed E-state index contributed by atoms with van der Waals surface area (Å²) in [5, 5.41) is 12.0. The Morgan fingerprint density at radius 1 is 1.09 bits per heavy atom. The highest BCUT2D eigenvalue weighted by molar-refractivity contribution is 6.31. The number of carbonyl (C=O) groups excluding carboxylic acids is 2. The Labute approximate surface area is 202 Å². The van der Waals surface area contributed by atoms with Crippen LogP contribution in [0.15, 0.2) is 88.5 Å². The number of anilines is 1. The van der Waals surface area contributed by atoms with Crippen molar-refractivity contribution in [1.29, 1.82) is 0 Å². The van der Waals surface area contributed by atoms with Gasteiger partial charge in [-0.1, -0.05) is 41.9 Å². The van der Waals surface area contributed by atoms with E-state index in [0.717, 1.165) is 0 Å². The molecule has 3 heterocycles. The molecule has 0 spiro atoms. The number of fused-ring (bicyclic) bond motifs is 2. The van der Waals surface area contributed by atoms with Gasteiger partial charge in [0.25, 0.3) is 5.91 Å². The number of rotatable bonds is 4. The van der Waals surface area contributed by atoms with Gasteiger partial charge in [0.1, 0.15) is 11.4 Å². The third kappa shape index (κ3) is 3.38. The molecule has 9 heteroatoms. The summed E-state index contributed by atoms with van der Waals surface area (Å²) in [5.41, 5.74) is 1.65. The van der Waals surface area contributed by atoms with Gasteiger partial charge in [-0.3, -0.25) is 14.5 Å². The zero-order valence-electron chi connectivity index (χ0n) is 17.8. The third-order valence-electron chi connectivity index (χ3n) is 5.93. The number of hydrogen-bond donors (Lipinski definition) is 2. The Morgan fingerprint density at radius 2 is 1.89 bits per heavy atom. The lowest BCUT2D eigenvalue weighted by atomic mass is 9.95. The second-order valence-corrected chi connectivity index (χ2v) is 8.53. The van der Waals surface area contributed by atoms with Crippen LogP contribution >= 0.6 is 11.6 Å². The molecule has 1 unspecified atom stereocenters. The molecular weight excluding hydrogens is 473 g/mol. The van der Waals surface area contributed by atoms with E-state index in [4.69, 9.17) is 16.0 Å². The van der Waals surface area contributed by atoms with Crippen molar-refractivity contribution in [3.8, 4) is 0 Å². The first-order chi connectivity index (χ1) is 16.9. The predicted octanol–water partition coefficient (Wildman–Crippen LogP) is 5.88. The van der Waals surface area contributed by atoms with Gasteiger partial charge >= 0.3 is 0 Å². The quantitative estimate of drug-likeness (QED) is 0.308. The van der Waals surface area contributed by atoms with E-state index in [0.29, 0.717) is 32.6 Å². The first-order valence-corrected chi connectivity index (χ1v) is 11.0. The maximum atomic E-state index is 13.7. The Kier molecular flexibility index (Phi) is 4.72. The summed E-state index contributed by atoms with van der Waals surface area (Å²) in [7, 11) is 0. The van der Waals surface area contributed by atoms with Crippen LogP contribution in [0.3, 0.4) is 0 Å². The molecule has 2 aromatic heterocycles. The van der Waals surface area contributed by atoms with Crippen LogP contribution in [0.2, 0.25) is 5.02 Å². The summed E-state index contributed by atoms with van der Waals surface area (Å²) in [5.74, 6) is -2.64. The molecule has 0 saturated carbocycles. The summed E-state index contributed by atoms with van der Waals surface area (Å²) >= 11 is 6.05. The number of hydrogen-bond acceptors (Lipinski definition) is 5. The summed E-state index contributed by atoms with van der Waals surface area (Å²) in [4.78, 5) is 35.4. The molecule has 2 N–H and O–H groups in total. The van der Waals surface area contributed by atoms with E-state index in [1.807, 2.05) is 0 Å². The molecule has 1 atom stereocenters. The summed E-state index contributed by atoms with van der Waals surface area (Å²) in [6, 6.07) is 18.2. The number of imidazole rings is 1. The molecule has 0 radical (unpaired) electrons. The third-order valence-corrected chi connectivity index (χ3v) is 6.16. The highest BCUT2D eigenvalue weighted by Crippen LogP contribution is 2.42. The molecule has 0 bridgehead atoms. The standard InChI is InChI=1S/C26H15ClFN3O4/c27-15-6-9-19-14(10-15)11-20(35-19)23(32)21-22(13-4-2-1-3-5-13)31(25(34)24(21)33)26-29-17-8-7-16(28)12-18(17)30-26/h1-12,22,33H,(H,29,30). The normalized spacial score (nSPS) is 16.1. The van der Waals surface area contributed by atoms with Crippen LogP contribution < -0.4 is 4.90 Å². The van der Waals surface area contributed by atoms with Crippen molar-refractivity contribution in [3.05, 3.63) is 106 Å². The molecule has 7 nitrogen and oxygen atoms in total. The minimum absolute atomic E-state index is 0.0499. The largest absolute Gasteiger partial charge is 0.503 e. The highest BCUT2D eigenvalue weighted by atomic mass is 35.5. The van der Waals surface area contributed by atoms with Gasteiger partial charge in [-0.05, 0) is 48.0 Å². The van der Waals surface area contributed by atoms with Crippen molar-refractivity contribution in [2.24, 2.45) is 0 Å². The van der Waals surface area contributed by atoms with Crippen molar-refractivity contribution in [2.45, 2.75) is 6.04 Å². The minimum Gasteiger partial charge on any atom is -0.503 e. The van der Waals surface area contributed by atoms with Crippen LogP contribution in [0.5, 0.6) is 0 Å². The molecule has 3 aromatic carbocycles. The lowest BCUT2D eigenvalue weighted by Crippen LogP contribution is -2.31. The fourth-order valence-electron chi connectivity index (χ4n) is 4.35. The van der Waals surface area contributed by atoms with Crippen LogP contribution in [0, 0.1) is 5.82 Å². The van der Waals surface area contributed by atoms with E-state index in [9.17, 15) is 19.1 Å². The van der Waals surface area contributed by atoms with Gasteiger partial charge in [0.05, 0.1) is 22.6 Å². The number of nitrogens with one attached hydrogen (secondary N) is 1. The van der Waals surface area contributed by atoms with E-state index >= 15 is 0 Å². The zero-order valence-corrected chi connectivity index (χ0v) is 18.6. The van der Waals surface area contributed by atoms with E-state index in [1.165, 1.54) is 29.2 Å². The lowest BCUT2D eigenvalue weighted by Gasteiger charge is -2.24. The van der Waals surface area contributed by atoms with Gasteiger partial charge < -0.3 is 14.5 Å². The topological polar surface area (TPSA) is 99.4 Å². The Balaban J connectivity index is 1.50. The molecule has 172 valence electrons. The monoisotopic (exact) mass is 487 g/mol. The first kappa shape index (κ1) is 21.1. The van der Waals surface area contributed by atoms with Gasteiger partial charge in [0, 0.05) is 10.4 Å². The molecular formula is C26H15ClFN3O4. The van der Waals surface area contributed by atoms with Crippen LogP contribution in [0.4, 0.5) is 10.3 Å². The molecule has 0 aliphatic carbocycles. The minimum atomic E-state index is -1.00. The molecule has 35 heavy (non-hydrogen) atoms. The Morgan fingerprint density at radius 3 is 2.69 bits per heavy atom. The Bertz CT molecular complexity index is 1690. The van der Waals surface area contributed by atoms with Crippen LogP contribution in [-0.4, -0.2) is 26.8 Å². The first-order valence-electron chi connectivity index (χ1n) is 10.6. The molecule has 0 saturated heterocycles. The molecule has 1 amide bonds. The lowest BCUT2D eigenvalue weighted by molar-refractivity contribution is -0.117. The number of ketones is 1. The number of aliphatic hydroxyl groups excluding tert-OH is 1. The number of aliphatic hydroxyl groups is 1. The van der Waals surface area contributed by atoms with Crippen molar-refractivity contribution in [3.63, 3.8) is 0 Å². The molecule has 5 aromatic rings. The van der Waals surface area contributed by atoms with Gasteiger partial charge in [0.15, 0.2) is 11.5 Å². The summed E-state index contributed by atoms with van der Waals surface area (Å²) < 4.78 is 19.5. The number of benzene rings is 3. The average Bonchev–Trinajstić information content (AvgIpc) is 3.53. The number of Topliss-reactive ketones (excluding diaryl/α,β-unsaturated/α-hetero) is 1. The molecule has 6 rings (SSSR count). The average molecular weight is 488 g/mol. The van der Waals surface area contributed by atoms with Gasteiger partial charge in [0.2, 0.25) is 11.7 Å². The van der Waals surface area contributed by atoms with Crippen molar-refractivity contribution in [2.75, 3.05) is 4.90 Å². The van der Waals surface area contributed by atoms with E-state index < -0.39 is 29.3 Å². The molecule has 1 aliphatic rings. The number of carbonyl (C=O) groups is 2. The van der Waals surface area contributed by atoms with Crippen LogP contribution in [0.1, 0.15) is 22.2 Å². The second kappa shape index (κ2) is 7.82. The van der Waals surface area contributed by atoms with Crippen LogP contribution in [-0.2, 0) is 4.79 Å². The van der Waals surface area contributed by atoms with E-state index in [1.54, 1.807) is 48.5 Å². The number of halogens is 2. The van der Waals surface area contributed by atoms with E-state index in [2.05, 4.69) is 9.97 Å². The zero-order chi connectivity index (χ0) is 24.3.